The minimum atomic E-state index is -3.72. The molecular formula is C22H26N2O8S. The number of aliphatic carboxylic acids is 1. The molecule has 1 aromatic heterocycles. The van der Waals surface area contributed by atoms with Gasteiger partial charge in [0.15, 0.2) is 21.4 Å². The first-order valence-corrected chi connectivity index (χ1v) is 11.3. The summed E-state index contributed by atoms with van der Waals surface area (Å²) in [5, 5.41) is 12.6. The highest BCUT2D eigenvalue weighted by atomic mass is 32.2. The Kier molecular flexibility index (Phi) is 9.10. The Bertz CT molecular complexity index is 1120. The van der Waals surface area contributed by atoms with Crippen LogP contribution >= 0.6 is 0 Å². The van der Waals surface area contributed by atoms with E-state index in [2.05, 4.69) is 10.3 Å². The monoisotopic (exact) mass is 478 g/mol. The van der Waals surface area contributed by atoms with Gasteiger partial charge in [0.2, 0.25) is 0 Å². The van der Waals surface area contributed by atoms with Crippen LogP contribution in [0.25, 0.3) is 6.08 Å². The van der Waals surface area contributed by atoms with Gasteiger partial charge in [0.05, 0.1) is 45.4 Å². The molecule has 0 saturated heterocycles. The van der Waals surface area contributed by atoms with Crippen molar-refractivity contribution in [3.05, 3.63) is 53.1 Å². The number of sulfone groups is 1. The summed E-state index contributed by atoms with van der Waals surface area (Å²) in [6, 6.07) is 6.37. The zero-order valence-corrected chi connectivity index (χ0v) is 19.5. The summed E-state index contributed by atoms with van der Waals surface area (Å²) in [5.74, 6) is 0.527. The molecule has 0 aliphatic carbocycles. The molecule has 2 N–H and O–H groups in total. The topological polar surface area (TPSA) is 133 Å². The Labute approximate surface area is 192 Å². The highest BCUT2D eigenvalue weighted by Gasteiger charge is 2.15. The van der Waals surface area contributed by atoms with Crippen LogP contribution in [0.4, 0.5) is 5.82 Å². The van der Waals surface area contributed by atoms with Crippen molar-refractivity contribution in [2.45, 2.75) is 5.75 Å². The van der Waals surface area contributed by atoms with E-state index < -0.39 is 15.8 Å². The van der Waals surface area contributed by atoms with Crippen LogP contribution in [0.2, 0.25) is 0 Å². The molecule has 10 nitrogen and oxygen atoms in total. The zero-order valence-electron chi connectivity index (χ0n) is 18.7. The van der Waals surface area contributed by atoms with Gasteiger partial charge in [0.25, 0.3) is 0 Å². The van der Waals surface area contributed by atoms with Crippen LogP contribution < -0.4 is 24.3 Å². The van der Waals surface area contributed by atoms with Gasteiger partial charge in [-0.25, -0.2) is 18.2 Å². The van der Waals surface area contributed by atoms with Crippen molar-refractivity contribution in [3.63, 3.8) is 0 Å². The predicted molar refractivity (Wildman–Crippen MR) is 124 cm³/mol. The summed E-state index contributed by atoms with van der Waals surface area (Å²) in [5.41, 5.74) is 0.721. The molecular weight excluding hydrogens is 452 g/mol. The Morgan fingerprint density at radius 3 is 2.21 bits per heavy atom. The SMILES string of the molecule is COc1cc(OC)c(C=CS(=O)(=O)Cc2ccc(OC)c(NCC=CC(=O)O)n2)c(OC)c1. The van der Waals surface area contributed by atoms with Crippen LogP contribution in [0, 0.1) is 0 Å². The number of hydrogen-bond donors (Lipinski definition) is 2. The molecule has 0 atom stereocenters. The van der Waals surface area contributed by atoms with Gasteiger partial charge in [0.1, 0.15) is 17.2 Å². The van der Waals surface area contributed by atoms with E-state index >= 15 is 0 Å². The van der Waals surface area contributed by atoms with E-state index in [1.54, 1.807) is 18.2 Å². The fraction of sp³-hybridized carbons (Fsp3) is 0.273. The van der Waals surface area contributed by atoms with Crippen LogP contribution in [-0.2, 0) is 20.4 Å². The fourth-order valence-electron chi connectivity index (χ4n) is 2.80. The van der Waals surface area contributed by atoms with Crippen LogP contribution in [0.15, 0.2) is 41.8 Å². The first kappa shape index (κ1) is 25.5. The first-order valence-electron chi connectivity index (χ1n) is 9.61. The average molecular weight is 479 g/mol. The van der Waals surface area contributed by atoms with E-state index in [1.807, 2.05) is 0 Å². The molecule has 0 spiro atoms. The molecule has 0 fully saturated rings. The van der Waals surface area contributed by atoms with E-state index in [4.69, 9.17) is 24.1 Å². The summed E-state index contributed by atoms with van der Waals surface area (Å²) in [6.07, 6.45) is 3.78. The summed E-state index contributed by atoms with van der Waals surface area (Å²) >= 11 is 0. The Morgan fingerprint density at radius 2 is 1.67 bits per heavy atom. The van der Waals surface area contributed by atoms with Gasteiger partial charge in [-0.1, -0.05) is 6.08 Å². The van der Waals surface area contributed by atoms with Crippen LogP contribution in [0.1, 0.15) is 11.3 Å². The minimum Gasteiger partial charge on any atom is -0.496 e. The standard InChI is InChI=1S/C22H26N2O8S/c1-29-16-12-19(31-3)17(20(13-16)32-4)9-11-33(27,28)14-15-7-8-18(30-2)22(24-15)23-10-5-6-21(25)26/h5-9,11-13H,10,14H2,1-4H3,(H,23,24)(H,25,26). The zero-order chi connectivity index (χ0) is 24.4. The van der Waals surface area contributed by atoms with Gasteiger partial charge in [-0.05, 0) is 18.2 Å². The van der Waals surface area contributed by atoms with Crippen molar-refractivity contribution >= 4 is 27.7 Å². The lowest BCUT2D eigenvalue weighted by Gasteiger charge is -2.12. The molecule has 0 unspecified atom stereocenters. The number of hydrogen-bond acceptors (Lipinski definition) is 9. The Hall–Kier alpha value is -3.73. The molecule has 0 bridgehead atoms. The highest BCUT2D eigenvalue weighted by Crippen LogP contribution is 2.35. The van der Waals surface area contributed by atoms with Crippen LogP contribution in [-0.4, -0.2) is 59.5 Å². The van der Waals surface area contributed by atoms with E-state index in [9.17, 15) is 13.2 Å². The number of anilines is 1. The molecule has 0 radical (unpaired) electrons. The van der Waals surface area contributed by atoms with Crippen molar-refractivity contribution in [3.8, 4) is 23.0 Å². The highest BCUT2D eigenvalue weighted by molar-refractivity contribution is 7.93. The van der Waals surface area contributed by atoms with Gasteiger partial charge < -0.3 is 29.4 Å². The van der Waals surface area contributed by atoms with E-state index in [1.165, 1.54) is 46.7 Å². The van der Waals surface area contributed by atoms with Crippen LogP contribution in [0.5, 0.6) is 23.0 Å². The average Bonchev–Trinajstić information content (AvgIpc) is 2.79. The van der Waals surface area contributed by atoms with Crippen molar-refractivity contribution in [2.75, 3.05) is 40.3 Å². The second-order valence-corrected chi connectivity index (χ2v) is 8.42. The smallest absolute Gasteiger partial charge is 0.328 e. The van der Waals surface area contributed by atoms with E-state index in [-0.39, 0.29) is 18.0 Å². The number of carbonyl (C=O) groups is 1. The van der Waals surface area contributed by atoms with Crippen molar-refractivity contribution in [1.29, 1.82) is 0 Å². The number of rotatable bonds is 12. The van der Waals surface area contributed by atoms with Gasteiger partial charge >= 0.3 is 5.97 Å². The second-order valence-electron chi connectivity index (χ2n) is 6.53. The van der Waals surface area contributed by atoms with Crippen molar-refractivity contribution in [2.24, 2.45) is 0 Å². The van der Waals surface area contributed by atoms with Crippen molar-refractivity contribution in [1.82, 2.24) is 4.98 Å². The lowest BCUT2D eigenvalue weighted by atomic mass is 10.1. The quantitative estimate of drug-likeness (QED) is 0.439. The van der Waals surface area contributed by atoms with Gasteiger partial charge in [-0.2, -0.15) is 0 Å². The summed E-state index contributed by atoms with van der Waals surface area (Å²) < 4.78 is 46.6. The maximum Gasteiger partial charge on any atom is 0.328 e. The molecule has 2 aromatic rings. The largest absolute Gasteiger partial charge is 0.496 e. The number of pyridine rings is 1. The number of nitrogens with zero attached hydrogens (tertiary/aromatic N) is 1. The van der Waals surface area contributed by atoms with E-state index in [0.717, 1.165) is 11.5 Å². The fourth-order valence-corrected chi connectivity index (χ4v) is 3.81. The van der Waals surface area contributed by atoms with Crippen LogP contribution in [0.3, 0.4) is 0 Å². The summed E-state index contributed by atoms with van der Waals surface area (Å²) in [7, 11) is 2.15. The first-order chi connectivity index (χ1) is 15.7. The third kappa shape index (κ3) is 7.42. The number of carboxylic acid groups (broad SMARTS) is 1. The number of methoxy groups -OCH3 is 4. The number of ether oxygens (including phenoxy) is 4. The summed E-state index contributed by atoms with van der Waals surface area (Å²) in [4.78, 5) is 14.9. The maximum absolute atomic E-state index is 12.7. The molecule has 0 aliphatic heterocycles. The molecule has 0 saturated carbocycles. The molecule has 33 heavy (non-hydrogen) atoms. The molecule has 1 aromatic carbocycles. The number of benzene rings is 1. The third-order valence-corrected chi connectivity index (χ3v) is 5.58. The predicted octanol–water partition coefficient (Wildman–Crippen LogP) is 2.75. The molecule has 2 rings (SSSR count). The molecule has 0 aliphatic rings. The van der Waals surface area contributed by atoms with Gasteiger partial charge in [-0.3, -0.25) is 0 Å². The number of carboxylic acids is 1. The maximum atomic E-state index is 12.7. The third-order valence-electron chi connectivity index (χ3n) is 4.33. The number of aromatic nitrogens is 1. The number of nitrogens with one attached hydrogen (secondary N) is 1. The lowest BCUT2D eigenvalue weighted by molar-refractivity contribution is -0.131. The van der Waals surface area contributed by atoms with E-state index in [0.29, 0.717) is 34.4 Å². The lowest BCUT2D eigenvalue weighted by Crippen LogP contribution is -2.08. The molecule has 0 amide bonds. The molecule has 1 heterocycles. The Balaban J connectivity index is 2.26. The Morgan fingerprint density at radius 1 is 1.03 bits per heavy atom. The minimum absolute atomic E-state index is 0.169. The molecule has 11 heteroatoms. The second kappa shape index (κ2) is 11.8. The molecule has 178 valence electrons. The van der Waals surface area contributed by atoms with Gasteiger partial charge in [-0.15, -0.1) is 0 Å². The summed E-state index contributed by atoms with van der Waals surface area (Å²) in [6.45, 7) is 0.169. The van der Waals surface area contributed by atoms with Gasteiger partial charge in [0, 0.05) is 30.2 Å². The van der Waals surface area contributed by atoms with Crippen molar-refractivity contribution < 1.29 is 37.3 Å². The normalized spacial score (nSPS) is 11.5.